The summed E-state index contributed by atoms with van der Waals surface area (Å²) < 4.78 is 20.6. The Kier molecular flexibility index (Phi) is 4.00. The van der Waals surface area contributed by atoms with E-state index in [1.807, 2.05) is 7.05 Å². The fourth-order valence-electron chi connectivity index (χ4n) is 2.73. The lowest BCUT2D eigenvalue weighted by atomic mass is 9.92. The van der Waals surface area contributed by atoms with Gasteiger partial charge >= 0.3 is 0 Å². The Bertz CT molecular complexity index is 674. The van der Waals surface area contributed by atoms with Crippen molar-refractivity contribution in [2.24, 2.45) is 0 Å². The zero-order valence-corrected chi connectivity index (χ0v) is 13.6. The molecule has 2 aromatic rings. The Labute approximate surface area is 132 Å². The van der Waals surface area contributed by atoms with Crippen LogP contribution in [0.2, 0.25) is 0 Å². The van der Waals surface area contributed by atoms with Gasteiger partial charge in [-0.05, 0) is 49.4 Å². The number of hydrogen-bond donors (Lipinski definition) is 1. The predicted molar refractivity (Wildman–Crippen MR) is 85.1 cm³/mol. The molecule has 21 heavy (non-hydrogen) atoms. The molecule has 2 nitrogen and oxygen atoms in total. The smallest absolute Gasteiger partial charge is 0.126 e. The quantitative estimate of drug-likeness (QED) is 0.849. The van der Waals surface area contributed by atoms with Gasteiger partial charge in [0.25, 0.3) is 0 Å². The fraction of sp³-hybridized carbons (Fsp3) is 0.294. The van der Waals surface area contributed by atoms with Crippen molar-refractivity contribution in [1.29, 1.82) is 0 Å². The van der Waals surface area contributed by atoms with Crippen molar-refractivity contribution in [2.45, 2.75) is 25.5 Å². The Hall–Kier alpha value is -1.39. The first-order valence-corrected chi connectivity index (χ1v) is 7.77. The van der Waals surface area contributed by atoms with Gasteiger partial charge in [0, 0.05) is 22.5 Å². The van der Waals surface area contributed by atoms with E-state index in [4.69, 9.17) is 4.74 Å². The summed E-state index contributed by atoms with van der Waals surface area (Å²) in [7, 11) is 1.90. The molecule has 0 bridgehead atoms. The molecule has 2 aromatic carbocycles. The maximum Gasteiger partial charge on any atom is 0.126 e. The molecule has 1 N–H and O–H groups in total. The van der Waals surface area contributed by atoms with Crippen LogP contribution in [0.3, 0.4) is 0 Å². The summed E-state index contributed by atoms with van der Waals surface area (Å²) >= 11 is 3.57. The lowest BCUT2D eigenvalue weighted by Crippen LogP contribution is -2.26. The summed E-state index contributed by atoms with van der Waals surface area (Å²) in [6.07, 6.45) is 0.750. The average molecular weight is 350 g/mol. The van der Waals surface area contributed by atoms with E-state index >= 15 is 0 Å². The number of fused-ring (bicyclic) bond motifs is 1. The highest BCUT2D eigenvalue weighted by Gasteiger charge is 2.29. The highest BCUT2D eigenvalue weighted by molar-refractivity contribution is 9.10. The van der Waals surface area contributed by atoms with E-state index < -0.39 is 0 Å². The van der Waals surface area contributed by atoms with E-state index in [0.717, 1.165) is 27.8 Å². The van der Waals surface area contributed by atoms with E-state index in [-0.39, 0.29) is 18.0 Å². The normalized spacial score (nSPS) is 20.8. The lowest BCUT2D eigenvalue weighted by Gasteiger charge is -2.32. The minimum atomic E-state index is -0.228. The third kappa shape index (κ3) is 2.83. The zero-order chi connectivity index (χ0) is 15.0. The molecule has 2 unspecified atom stereocenters. The van der Waals surface area contributed by atoms with Crippen LogP contribution in [-0.4, -0.2) is 7.05 Å². The molecule has 4 heteroatoms. The molecular weight excluding hydrogens is 333 g/mol. The number of ether oxygens (including phenoxy) is 1. The molecule has 3 rings (SSSR count). The van der Waals surface area contributed by atoms with Crippen LogP contribution in [0.25, 0.3) is 0 Å². The van der Waals surface area contributed by atoms with Crippen molar-refractivity contribution in [3.05, 3.63) is 63.4 Å². The van der Waals surface area contributed by atoms with Gasteiger partial charge in [-0.3, -0.25) is 0 Å². The predicted octanol–water partition coefficient (Wildman–Crippen LogP) is 4.68. The second-order valence-electron chi connectivity index (χ2n) is 5.37. The highest BCUT2D eigenvalue weighted by atomic mass is 79.9. The van der Waals surface area contributed by atoms with Crippen LogP contribution in [0, 0.1) is 12.7 Å². The largest absolute Gasteiger partial charge is 0.485 e. The molecule has 0 fully saturated rings. The molecule has 2 atom stereocenters. The molecule has 0 spiro atoms. The molecule has 0 radical (unpaired) electrons. The number of benzene rings is 2. The second-order valence-corrected chi connectivity index (χ2v) is 6.23. The van der Waals surface area contributed by atoms with Gasteiger partial charge in [-0.1, -0.05) is 28.1 Å². The summed E-state index contributed by atoms with van der Waals surface area (Å²) in [4.78, 5) is 0. The van der Waals surface area contributed by atoms with Crippen LogP contribution < -0.4 is 10.1 Å². The average Bonchev–Trinajstić information content (AvgIpc) is 2.49. The first-order valence-electron chi connectivity index (χ1n) is 6.98. The maximum absolute atomic E-state index is 13.4. The Morgan fingerprint density at radius 3 is 2.76 bits per heavy atom. The Morgan fingerprint density at radius 1 is 1.24 bits per heavy atom. The third-order valence-electron chi connectivity index (χ3n) is 3.98. The molecule has 1 heterocycles. The zero-order valence-electron chi connectivity index (χ0n) is 12.0. The first kappa shape index (κ1) is 14.5. The molecule has 1 aliphatic rings. The number of nitrogens with one attached hydrogen (secondary N) is 1. The number of halogens is 2. The van der Waals surface area contributed by atoms with Crippen LogP contribution >= 0.6 is 15.9 Å². The van der Waals surface area contributed by atoms with Crippen molar-refractivity contribution < 1.29 is 9.13 Å². The van der Waals surface area contributed by atoms with Gasteiger partial charge in [0.1, 0.15) is 17.7 Å². The van der Waals surface area contributed by atoms with Gasteiger partial charge in [-0.2, -0.15) is 0 Å². The minimum absolute atomic E-state index is 0.0303. The van der Waals surface area contributed by atoms with E-state index in [2.05, 4.69) is 46.4 Å². The summed E-state index contributed by atoms with van der Waals surface area (Å²) in [5.74, 6) is 0.526. The van der Waals surface area contributed by atoms with Gasteiger partial charge in [0.2, 0.25) is 0 Å². The summed E-state index contributed by atoms with van der Waals surface area (Å²) in [6.45, 7) is 2.06. The van der Waals surface area contributed by atoms with E-state index in [1.165, 1.54) is 11.6 Å². The Balaban J connectivity index is 1.96. The topological polar surface area (TPSA) is 21.3 Å². The van der Waals surface area contributed by atoms with Crippen LogP contribution in [-0.2, 0) is 0 Å². The van der Waals surface area contributed by atoms with E-state index in [9.17, 15) is 4.39 Å². The van der Waals surface area contributed by atoms with E-state index in [0.29, 0.717) is 0 Å². The summed E-state index contributed by atoms with van der Waals surface area (Å²) in [5.41, 5.74) is 3.21. The molecule has 0 amide bonds. The van der Waals surface area contributed by atoms with Gasteiger partial charge < -0.3 is 10.1 Å². The van der Waals surface area contributed by atoms with E-state index in [1.54, 1.807) is 12.1 Å². The first-order chi connectivity index (χ1) is 10.1. The van der Waals surface area contributed by atoms with Gasteiger partial charge in [-0.25, -0.2) is 4.39 Å². The third-order valence-corrected chi connectivity index (χ3v) is 4.84. The van der Waals surface area contributed by atoms with Gasteiger partial charge in [0.05, 0.1) is 0 Å². The van der Waals surface area contributed by atoms with Crippen molar-refractivity contribution in [1.82, 2.24) is 5.32 Å². The minimum Gasteiger partial charge on any atom is -0.485 e. The van der Waals surface area contributed by atoms with Gasteiger partial charge in [0.15, 0.2) is 0 Å². The molecule has 0 aliphatic carbocycles. The SMILES string of the molecule is CNC1CC(c2ccc(C)c(Br)c2)Oc2ccc(F)cc21. The second kappa shape index (κ2) is 5.78. The van der Waals surface area contributed by atoms with Crippen molar-refractivity contribution in [2.75, 3.05) is 7.05 Å². The maximum atomic E-state index is 13.4. The standard InChI is InChI=1S/C17H17BrFNO/c1-10-3-4-11(7-14(10)18)17-9-15(20-2)13-8-12(19)5-6-16(13)21-17/h3-8,15,17,20H,9H2,1-2H3. The molecule has 110 valence electrons. The highest BCUT2D eigenvalue weighted by Crippen LogP contribution is 2.41. The van der Waals surface area contributed by atoms with Crippen LogP contribution in [0.4, 0.5) is 4.39 Å². The lowest BCUT2D eigenvalue weighted by molar-refractivity contribution is 0.153. The molecule has 0 aromatic heterocycles. The molecule has 0 saturated heterocycles. The Morgan fingerprint density at radius 2 is 2.05 bits per heavy atom. The molecule has 0 saturated carbocycles. The van der Waals surface area contributed by atoms with Crippen molar-refractivity contribution >= 4 is 15.9 Å². The number of rotatable bonds is 2. The summed E-state index contributed by atoms with van der Waals surface area (Å²) in [6, 6.07) is 11.1. The van der Waals surface area contributed by atoms with Crippen LogP contribution in [0.1, 0.15) is 35.3 Å². The van der Waals surface area contributed by atoms with Crippen LogP contribution in [0.5, 0.6) is 5.75 Å². The van der Waals surface area contributed by atoms with Crippen molar-refractivity contribution in [3.8, 4) is 5.75 Å². The fourth-order valence-corrected chi connectivity index (χ4v) is 3.12. The van der Waals surface area contributed by atoms with Gasteiger partial charge in [-0.15, -0.1) is 0 Å². The number of aryl methyl sites for hydroxylation is 1. The number of hydrogen-bond acceptors (Lipinski definition) is 2. The monoisotopic (exact) mass is 349 g/mol. The van der Waals surface area contributed by atoms with Crippen LogP contribution in [0.15, 0.2) is 40.9 Å². The summed E-state index contributed by atoms with van der Waals surface area (Å²) in [5, 5.41) is 3.25. The molecule has 1 aliphatic heterocycles. The molecular formula is C17H17BrFNO. The van der Waals surface area contributed by atoms with Crippen molar-refractivity contribution in [3.63, 3.8) is 0 Å².